The van der Waals surface area contributed by atoms with Crippen molar-refractivity contribution in [1.29, 1.82) is 0 Å². The highest BCUT2D eigenvalue weighted by Crippen LogP contribution is 2.30. The highest BCUT2D eigenvalue weighted by molar-refractivity contribution is 7.99. The zero-order valence-electron chi connectivity index (χ0n) is 17.2. The molecule has 0 bridgehead atoms. The van der Waals surface area contributed by atoms with Crippen molar-refractivity contribution in [2.75, 3.05) is 12.4 Å². The van der Waals surface area contributed by atoms with Gasteiger partial charge in [0.15, 0.2) is 0 Å². The van der Waals surface area contributed by atoms with E-state index in [-0.39, 0.29) is 5.91 Å². The number of thioether (sulfide) groups is 1. The van der Waals surface area contributed by atoms with Crippen molar-refractivity contribution in [3.63, 3.8) is 0 Å². The molecule has 8 heteroatoms. The molecule has 0 saturated carbocycles. The lowest BCUT2D eigenvalue weighted by atomic mass is 10.2. The average Bonchev–Trinajstić information content (AvgIpc) is 3.30. The van der Waals surface area contributed by atoms with Gasteiger partial charge in [-0.3, -0.25) is 4.79 Å². The van der Waals surface area contributed by atoms with Gasteiger partial charge in [0.25, 0.3) is 5.91 Å². The quantitative estimate of drug-likeness (QED) is 0.400. The maximum Gasteiger partial charge on any atom is 0.256 e. The monoisotopic (exact) mass is 438 g/mol. The van der Waals surface area contributed by atoms with Crippen molar-refractivity contribution >= 4 is 45.0 Å². The SMILES string of the molecule is COc1ccc2sc(-n3nc(C)cc3NC(=O)c3ccc(SC(C)C)cc3)nc2c1. The van der Waals surface area contributed by atoms with Crippen molar-refractivity contribution in [2.45, 2.75) is 30.9 Å². The van der Waals surface area contributed by atoms with Crippen LogP contribution in [-0.4, -0.2) is 33.0 Å². The molecule has 30 heavy (non-hydrogen) atoms. The van der Waals surface area contributed by atoms with E-state index < -0.39 is 0 Å². The number of methoxy groups -OCH3 is 1. The van der Waals surface area contributed by atoms with Crippen LogP contribution in [-0.2, 0) is 0 Å². The molecule has 4 rings (SSSR count). The molecule has 2 heterocycles. The number of aromatic nitrogens is 3. The van der Waals surface area contributed by atoms with Gasteiger partial charge < -0.3 is 10.1 Å². The first-order valence-corrected chi connectivity index (χ1v) is 11.2. The summed E-state index contributed by atoms with van der Waals surface area (Å²) in [6.45, 7) is 6.18. The van der Waals surface area contributed by atoms with Crippen LogP contribution in [0.2, 0.25) is 0 Å². The van der Waals surface area contributed by atoms with E-state index in [9.17, 15) is 4.79 Å². The third kappa shape index (κ3) is 4.34. The molecular weight excluding hydrogens is 416 g/mol. The van der Waals surface area contributed by atoms with Gasteiger partial charge in [0.05, 0.1) is 23.0 Å². The van der Waals surface area contributed by atoms with Gasteiger partial charge in [-0.05, 0) is 43.3 Å². The zero-order valence-corrected chi connectivity index (χ0v) is 18.8. The minimum Gasteiger partial charge on any atom is -0.497 e. The Bertz CT molecular complexity index is 1200. The van der Waals surface area contributed by atoms with Crippen molar-refractivity contribution < 1.29 is 9.53 Å². The summed E-state index contributed by atoms with van der Waals surface area (Å²) in [6, 6.07) is 15.2. The topological polar surface area (TPSA) is 69.0 Å². The second-order valence-corrected chi connectivity index (χ2v) is 9.72. The fourth-order valence-corrected chi connectivity index (χ4v) is 4.74. The molecular formula is C22H22N4O2S2. The number of ether oxygens (including phenoxy) is 1. The largest absolute Gasteiger partial charge is 0.497 e. The summed E-state index contributed by atoms with van der Waals surface area (Å²) in [7, 11) is 1.63. The summed E-state index contributed by atoms with van der Waals surface area (Å²) < 4.78 is 7.98. The molecule has 0 spiro atoms. The number of hydrogen-bond donors (Lipinski definition) is 1. The van der Waals surface area contributed by atoms with E-state index in [0.29, 0.717) is 21.8 Å². The third-order valence-corrected chi connectivity index (χ3v) is 6.35. The molecule has 1 amide bonds. The van der Waals surface area contributed by atoms with Crippen LogP contribution in [0.5, 0.6) is 5.75 Å². The van der Waals surface area contributed by atoms with E-state index in [4.69, 9.17) is 4.74 Å². The number of hydrogen-bond acceptors (Lipinski definition) is 6. The standard InChI is InChI=1S/C22H22N4O2S2/c1-13(2)29-17-8-5-15(6-9-17)21(27)24-20-11-14(3)25-26(20)22-23-18-12-16(28-4)7-10-19(18)30-22/h5-13H,1-4H3,(H,24,27). The van der Waals surface area contributed by atoms with Crippen LogP contribution in [0.3, 0.4) is 0 Å². The van der Waals surface area contributed by atoms with Crippen molar-refractivity contribution in [2.24, 2.45) is 0 Å². The Labute approximate surface area is 183 Å². The number of anilines is 1. The summed E-state index contributed by atoms with van der Waals surface area (Å²) in [5.74, 6) is 1.16. The summed E-state index contributed by atoms with van der Waals surface area (Å²) >= 11 is 3.28. The predicted molar refractivity (Wildman–Crippen MR) is 123 cm³/mol. The van der Waals surface area contributed by atoms with E-state index in [1.807, 2.05) is 55.5 Å². The Morgan fingerprint density at radius 1 is 1.17 bits per heavy atom. The molecule has 2 aromatic heterocycles. The zero-order chi connectivity index (χ0) is 21.3. The number of carbonyl (C=O) groups excluding carboxylic acids is 1. The van der Waals surface area contributed by atoms with Crippen LogP contribution in [0, 0.1) is 6.92 Å². The average molecular weight is 439 g/mol. The maximum atomic E-state index is 12.8. The van der Waals surface area contributed by atoms with Crippen LogP contribution in [0.1, 0.15) is 29.9 Å². The van der Waals surface area contributed by atoms with Gasteiger partial charge in [0, 0.05) is 27.8 Å². The van der Waals surface area contributed by atoms with Gasteiger partial charge in [-0.1, -0.05) is 25.2 Å². The number of benzene rings is 2. The molecule has 0 radical (unpaired) electrons. The lowest BCUT2D eigenvalue weighted by Crippen LogP contribution is -2.15. The van der Waals surface area contributed by atoms with E-state index in [2.05, 4.69) is 29.2 Å². The lowest BCUT2D eigenvalue weighted by Gasteiger charge is -2.08. The Hall–Kier alpha value is -2.84. The molecule has 1 N–H and O–H groups in total. The maximum absolute atomic E-state index is 12.8. The van der Waals surface area contributed by atoms with Gasteiger partial charge in [0.1, 0.15) is 11.6 Å². The number of fused-ring (bicyclic) bond motifs is 1. The minimum absolute atomic E-state index is 0.181. The van der Waals surface area contributed by atoms with Crippen LogP contribution in [0.25, 0.3) is 15.3 Å². The van der Waals surface area contributed by atoms with Gasteiger partial charge in [-0.15, -0.1) is 11.8 Å². The Morgan fingerprint density at radius 2 is 1.93 bits per heavy atom. The van der Waals surface area contributed by atoms with Crippen LogP contribution >= 0.6 is 23.1 Å². The second kappa shape index (κ2) is 8.49. The molecule has 0 saturated heterocycles. The van der Waals surface area contributed by atoms with Crippen molar-refractivity contribution in [1.82, 2.24) is 14.8 Å². The Morgan fingerprint density at radius 3 is 2.63 bits per heavy atom. The van der Waals surface area contributed by atoms with Gasteiger partial charge in [-0.25, -0.2) is 4.98 Å². The van der Waals surface area contributed by atoms with E-state index in [1.165, 1.54) is 11.3 Å². The Balaban J connectivity index is 1.60. The molecule has 2 aromatic carbocycles. The molecule has 0 fully saturated rings. The number of amides is 1. The predicted octanol–water partition coefficient (Wildman–Crippen LogP) is 5.55. The van der Waals surface area contributed by atoms with E-state index >= 15 is 0 Å². The molecule has 0 aliphatic heterocycles. The summed E-state index contributed by atoms with van der Waals surface area (Å²) in [5, 5.41) is 8.68. The number of carbonyl (C=O) groups is 1. The first kappa shape index (κ1) is 20.4. The smallest absolute Gasteiger partial charge is 0.256 e. The number of thiazole rings is 1. The van der Waals surface area contributed by atoms with Gasteiger partial charge >= 0.3 is 0 Å². The second-order valence-electron chi connectivity index (χ2n) is 7.06. The van der Waals surface area contributed by atoms with Crippen LogP contribution in [0.4, 0.5) is 5.82 Å². The van der Waals surface area contributed by atoms with Crippen LogP contribution < -0.4 is 10.1 Å². The van der Waals surface area contributed by atoms with Crippen LogP contribution in [0.15, 0.2) is 53.4 Å². The molecule has 0 unspecified atom stereocenters. The normalized spacial score (nSPS) is 11.2. The number of nitrogens with one attached hydrogen (secondary N) is 1. The highest BCUT2D eigenvalue weighted by atomic mass is 32.2. The molecule has 154 valence electrons. The summed E-state index contributed by atoms with van der Waals surface area (Å²) in [5.41, 5.74) is 2.23. The Kier molecular flexibility index (Phi) is 5.78. The minimum atomic E-state index is -0.181. The van der Waals surface area contributed by atoms with Crippen molar-refractivity contribution in [3.8, 4) is 10.9 Å². The van der Waals surface area contributed by atoms with Gasteiger partial charge in [0.2, 0.25) is 5.13 Å². The molecule has 0 aliphatic rings. The fraction of sp³-hybridized carbons (Fsp3) is 0.227. The van der Waals surface area contributed by atoms with Gasteiger partial charge in [-0.2, -0.15) is 9.78 Å². The van der Waals surface area contributed by atoms with Crippen molar-refractivity contribution in [3.05, 3.63) is 59.8 Å². The molecule has 4 aromatic rings. The van der Waals surface area contributed by atoms with E-state index in [0.717, 1.165) is 26.6 Å². The molecule has 0 aliphatic carbocycles. The highest BCUT2D eigenvalue weighted by Gasteiger charge is 2.16. The number of nitrogens with zero attached hydrogens (tertiary/aromatic N) is 3. The molecule has 0 atom stereocenters. The number of rotatable bonds is 6. The summed E-state index contributed by atoms with van der Waals surface area (Å²) in [4.78, 5) is 18.6. The lowest BCUT2D eigenvalue weighted by molar-refractivity contribution is 0.102. The first-order chi connectivity index (χ1) is 14.4. The first-order valence-electron chi connectivity index (χ1n) is 9.52. The van der Waals surface area contributed by atoms with E-state index in [1.54, 1.807) is 23.6 Å². The fourth-order valence-electron chi connectivity index (χ4n) is 2.99. The third-order valence-electron chi connectivity index (χ3n) is 4.33. The number of aryl methyl sites for hydroxylation is 1. The molecule has 6 nitrogen and oxygen atoms in total. The summed E-state index contributed by atoms with van der Waals surface area (Å²) in [6.07, 6.45) is 0.